The number of hydrogen-bond acceptors (Lipinski definition) is 5. The highest BCUT2D eigenvalue weighted by Crippen LogP contribution is 2.24. The lowest BCUT2D eigenvalue weighted by atomic mass is 10.1. The molecule has 0 aliphatic heterocycles. The molecule has 27 heavy (non-hydrogen) atoms. The van der Waals surface area contributed by atoms with E-state index in [0.29, 0.717) is 12.2 Å². The van der Waals surface area contributed by atoms with Crippen LogP contribution in [-0.2, 0) is 6.54 Å². The van der Waals surface area contributed by atoms with Crippen molar-refractivity contribution in [3.8, 4) is 6.07 Å². The van der Waals surface area contributed by atoms with Crippen LogP contribution in [0.1, 0.15) is 21.9 Å². The Bertz CT molecular complexity index is 1200. The molecule has 3 aromatic heterocycles. The van der Waals surface area contributed by atoms with Gasteiger partial charge in [-0.25, -0.2) is 0 Å². The molecule has 1 amide bonds. The van der Waals surface area contributed by atoms with Crippen LogP contribution in [-0.4, -0.2) is 10.9 Å². The van der Waals surface area contributed by atoms with Gasteiger partial charge in [-0.15, -0.1) is 0 Å². The molecule has 4 aromatic rings. The molecule has 3 heterocycles. The number of fused-ring (bicyclic) bond motifs is 1. The van der Waals surface area contributed by atoms with E-state index in [0.717, 1.165) is 16.7 Å². The summed E-state index contributed by atoms with van der Waals surface area (Å²) < 4.78 is 10.4. The predicted molar refractivity (Wildman–Crippen MR) is 97.6 cm³/mol. The van der Waals surface area contributed by atoms with E-state index in [1.54, 1.807) is 18.4 Å². The summed E-state index contributed by atoms with van der Waals surface area (Å²) in [6.07, 6.45) is 2.98. The number of hydrogen-bond donors (Lipinski definition) is 2. The quantitative estimate of drug-likeness (QED) is 0.580. The van der Waals surface area contributed by atoms with Crippen LogP contribution in [0.25, 0.3) is 10.9 Å². The largest absolute Gasteiger partial charge is 0.467 e. The fourth-order valence-electron chi connectivity index (χ4n) is 2.78. The van der Waals surface area contributed by atoms with Crippen molar-refractivity contribution in [3.63, 3.8) is 0 Å². The lowest BCUT2D eigenvalue weighted by Gasteiger charge is -2.11. The minimum absolute atomic E-state index is 0.102. The van der Waals surface area contributed by atoms with Crippen molar-refractivity contribution in [2.45, 2.75) is 6.54 Å². The van der Waals surface area contributed by atoms with Gasteiger partial charge in [-0.3, -0.25) is 4.79 Å². The van der Waals surface area contributed by atoms with E-state index < -0.39 is 5.91 Å². The average molecular weight is 358 g/mol. The summed E-state index contributed by atoms with van der Waals surface area (Å²) in [5.74, 6) is 0.256. The molecule has 7 heteroatoms. The van der Waals surface area contributed by atoms with Crippen molar-refractivity contribution >= 4 is 22.5 Å². The van der Waals surface area contributed by atoms with Crippen LogP contribution >= 0.6 is 0 Å². The number of H-pyrrole nitrogens is 1. The number of amides is 1. The standard InChI is InChI=1S/C20H14N4O3/c21-11-15-18(22-12-13-5-3-9-26-13)14-6-1-2-7-16(14)23-19(15)24-20(25)17-8-4-10-27-17/h1-10H,12H2,(H2,22,23,24,25). The zero-order valence-corrected chi connectivity index (χ0v) is 14.1. The molecular formula is C20H14N4O3. The van der Waals surface area contributed by atoms with Crippen LogP contribution in [0.3, 0.4) is 0 Å². The number of pyridine rings is 1. The highest BCUT2D eigenvalue weighted by molar-refractivity contribution is 5.95. The number of anilines is 1. The van der Waals surface area contributed by atoms with Gasteiger partial charge in [-0.05, 0) is 30.3 Å². The number of nitriles is 1. The minimum Gasteiger partial charge on any atom is -0.467 e. The lowest BCUT2D eigenvalue weighted by molar-refractivity contribution is 0.0971. The van der Waals surface area contributed by atoms with Gasteiger partial charge in [0.1, 0.15) is 17.4 Å². The first kappa shape index (κ1) is 16.4. The van der Waals surface area contributed by atoms with Gasteiger partial charge in [0.2, 0.25) is 0 Å². The van der Waals surface area contributed by atoms with Gasteiger partial charge in [0, 0.05) is 10.9 Å². The number of rotatable bonds is 4. The summed E-state index contributed by atoms with van der Waals surface area (Å²) in [7, 11) is 0. The summed E-state index contributed by atoms with van der Waals surface area (Å²) in [6.45, 7) is 0.390. The maximum Gasteiger partial charge on any atom is 0.314 e. The summed E-state index contributed by atoms with van der Waals surface area (Å²) in [4.78, 5) is 19.4. The molecule has 2 N–H and O–H groups in total. The van der Waals surface area contributed by atoms with Crippen LogP contribution in [0.2, 0.25) is 0 Å². The highest BCUT2D eigenvalue weighted by atomic mass is 16.3. The molecular weight excluding hydrogens is 344 g/mol. The highest BCUT2D eigenvalue weighted by Gasteiger charge is 2.14. The summed E-state index contributed by atoms with van der Waals surface area (Å²) >= 11 is 0. The molecule has 1 aromatic carbocycles. The van der Waals surface area contributed by atoms with E-state index in [1.807, 2.05) is 30.3 Å². The lowest BCUT2D eigenvalue weighted by Crippen LogP contribution is -2.18. The fourth-order valence-corrected chi connectivity index (χ4v) is 2.78. The number of benzene rings is 1. The van der Waals surface area contributed by atoms with Crippen molar-refractivity contribution in [2.24, 2.45) is 4.99 Å². The fraction of sp³-hybridized carbons (Fsp3) is 0.0500. The summed E-state index contributed by atoms with van der Waals surface area (Å²) in [5.41, 5.74) is 1.72. The van der Waals surface area contributed by atoms with Gasteiger partial charge in [0.25, 0.3) is 0 Å². The van der Waals surface area contributed by atoms with Crippen LogP contribution in [0.4, 0.5) is 5.69 Å². The number of nitrogens with one attached hydrogen (secondary N) is 2. The number of aromatic amines is 1. The van der Waals surface area contributed by atoms with Gasteiger partial charge in [-0.2, -0.15) is 10.3 Å². The van der Waals surface area contributed by atoms with Crippen molar-refractivity contribution in [1.82, 2.24) is 4.98 Å². The van der Waals surface area contributed by atoms with Crippen molar-refractivity contribution in [2.75, 3.05) is 5.32 Å². The van der Waals surface area contributed by atoms with Gasteiger partial charge in [0.05, 0.1) is 24.8 Å². The van der Waals surface area contributed by atoms with Crippen molar-refractivity contribution < 1.29 is 13.6 Å². The molecule has 0 spiro atoms. The molecule has 0 unspecified atom stereocenters. The molecule has 0 aliphatic carbocycles. The average Bonchev–Trinajstić information content (AvgIpc) is 3.39. The Morgan fingerprint density at radius 3 is 2.67 bits per heavy atom. The van der Waals surface area contributed by atoms with Gasteiger partial charge < -0.3 is 19.1 Å². The third-order valence-corrected chi connectivity index (χ3v) is 4.01. The Balaban J connectivity index is 1.86. The monoisotopic (exact) mass is 358 g/mol. The van der Waals surface area contributed by atoms with Crippen LogP contribution < -0.4 is 10.8 Å². The topological polar surface area (TPSA) is 107 Å². The third-order valence-electron chi connectivity index (χ3n) is 4.01. The number of furan rings is 2. The smallest absolute Gasteiger partial charge is 0.314 e. The van der Waals surface area contributed by atoms with Gasteiger partial charge in [0.15, 0.2) is 11.2 Å². The Morgan fingerprint density at radius 1 is 1.11 bits per heavy atom. The van der Waals surface area contributed by atoms with E-state index in [4.69, 9.17) is 8.83 Å². The number of carbonyl (C=O) groups is 1. The second kappa shape index (κ2) is 7.06. The van der Waals surface area contributed by atoms with Gasteiger partial charge in [-0.1, -0.05) is 18.2 Å². The Hall–Kier alpha value is -4.05. The zero-order valence-electron chi connectivity index (χ0n) is 14.1. The first-order valence-corrected chi connectivity index (χ1v) is 8.20. The van der Waals surface area contributed by atoms with E-state index in [1.165, 1.54) is 12.3 Å². The van der Waals surface area contributed by atoms with E-state index in [-0.39, 0.29) is 16.8 Å². The maximum atomic E-state index is 12.3. The van der Waals surface area contributed by atoms with Gasteiger partial charge >= 0.3 is 5.91 Å². The van der Waals surface area contributed by atoms with Crippen LogP contribution in [0.15, 0.2) is 74.9 Å². The molecule has 0 atom stereocenters. The van der Waals surface area contributed by atoms with Crippen molar-refractivity contribution in [1.29, 1.82) is 5.26 Å². The first-order valence-electron chi connectivity index (χ1n) is 8.20. The molecule has 0 bridgehead atoms. The molecule has 7 nitrogen and oxygen atoms in total. The molecule has 0 fully saturated rings. The van der Waals surface area contributed by atoms with Crippen LogP contribution in [0.5, 0.6) is 0 Å². The second-order valence-corrected chi connectivity index (χ2v) is 5.71. The first-order chi connectivity index (χ1) is 13.3. The molecule has 0 saturated carbocycles. The molecule has 132 valence electrons. The minimum atomic E-state index is -0.569. The number of aromatic nitrogens is 1. The normalized spacial score (nSPS) is 11.4. The van der Waals surface area contributed by atoms with E-state index in [9.17, 15) is 10.1 Å². The Morgan fingerprint density at radius 2 is 1.93 bits per heavy atom. The summed E-state index contributed by atoms with van der Waals surface area (Å²) in [5, 5.41) is 13.8. The predicted octanol–water partition coefficient (Wildman–Crippen LogP) is 3.58. The number of para-hydroxylation sites is 1. The third kappa shape index (κ3) is 3.24. The Labute approximate surface area is 153 Å². The molecule has 0 radical (unpaired) electrons. The summed E-state index contributed by atoms with van der Waals surface area (Å²) in [6, 6.07) is 16.4. The van der Waals surface area contributed by atoms with E-state index >= 15 is 0 Å². The van der Waals surface area contributed by atoms with Crippen molar-refractivity contribution in [3.05, 3.63) is 83.6 Å². The Kier molecular flexibility index (Phi) is 4.29. The van der Waals surface area contributed by atoms with Crippen LogP contribution in [0, 0.1) is 11.3 Å². The number of nitrogens with zero attached hydrogens (tertiary/aromatic N) is 2. The molecule has 0 saturated heterocycles. The SMILES string of the molecule is N#Cc1c(NCc2ccco2)c2ccccc2[nH]/c1=N\C(=O)c1ccco1. The molecule has 4 rings (SSSR count). The second-order valence-electron chi connectivity index (χ2n) is 5.71. The van der Waals surface area contributed by atoms with E-state index in [2.05, 4.69) is 21.4 Å². The zero-order chi connectivity index (χ0) is 18.6. The molecule has 0 aliphatic rings. The number of carbonyl (C=O) groups excluding carboxylic acids is 1. The maximum absolute atomic E-state index is 12.3.